The van der Waals surface area contributed by atoms with Gasteiger partial charge in [0.1, 0.15) is 0 Å². The van der Waals surface area contributed by atoms with E-state index < -0.39 is 10.0 Å². The van der Waals surface area contributed by atoms with E-state index in [1.165, 1.54) is 0 Å². The first-order chi connectivity index (χ1) is 9.33. The van der Waals surface area contributed by atoms with Crippen LogP contribution in [0.5, 0.6) is 0 Å². The van der Waals surface area contributed by atoms with Crippen molar-refractivity contribution in [2.45, 2.75) is 51.0 Å². The SMILES string of the molecule is CC(C)CCCCNS(=O)(=O)c1cccc(C(C)N)c1. The lowest BCUT2D eigenvalue weighted by Gasteiger charge is -2.10. The largest absolute Gasteiger partial charge is 0.324 e. The molecule has 0 fully saturated rings. The van der Waals surface area contributed by atoms with Gasteiger partial charge in [0, 0.05) is 12.6 Å². The van der Waals surface area contributed by atoms with Gasteiger partial charge in [-0.1, -0.05) is 38.8 Å². The first-order valence-electron chi connectivity index (χ1n) is 7.18. The highest BCUT2D eigenvalue weighted by Gasteiger charge is 2.14. The van der Waals surface area contributed by atoms with Crippen LogP contribution < -0.4 is 10.5 Å². The van der Waals surface area contributed by atoms with E-state index in [0.29, 0.717) is 12.5 Å². The molecular weight excluding hydrogens is 272 g/mol. The van der Waals surface area contributed by atoms with Crippen LogP contribution in [-0.2, 0) is 10.0 Å². The summed E-state index contributed by atoms with van der Waals surface area (Å²) in [5.41, 5.74) is 6.61. The van der Waals surface area contributed by atoms with Gasteiger partial charge < -0.3 is 5.73 Å². The molecule has 0 heterocycles. The Morgan fingerprint density at radius 2 is 1.90 bits per heavy atom. The number of unbranched alkanes of at least 4 members (excludes halogenated alkanes) is 1. The maximum Gasteiger partial charge on any atom is 0.240 e. The minimum absolute atomic E-state index is 0.170. The third-order valence-electron chi connectivity index (χ3n) is 3.19. The second-order valence-electron chi connectivity index (χ2n) is 5.65. The Labute approximate surface area is 122 Å². The zero-order valence-electron chi connectivity index (χ0n) is 12.6. The molecule has 0 radical (unpaired) electrons. The van der Waals surface area contributed by atoms with Crippen LogP contribution in [0.25, 0.3) is 0 Å². The molecule has 0 aliphatic carbocycles. The fourth-order valence-electron chi connectivity index (χ4n) is 1.93. The smallest absolute Gasteiger partial charge is 0.240 e. The van der Waals surface area contributed by atoms with E-state index in [9.17, 15) is 8.42 Å². The minimum atomic E-state index is -3.42. The molecule has 4 nitrogen and oxygen atoms in total. The number of hydrogen-bond donors (Lipinski definition) is 2. The fraction of sp³-hybridized carbons (Fsp3) is 0.600. The monoisotopic (exact) mass is 298 g/mol. The highest BCUT2D eigenvalue weighted by atomic mass is 32.2. The van der Waals surface area contributed by atoms with Gasteiger partial charge >= 0.3 is 0 Å². The molecule has 0 saturated carbocycles. The second kappa shape index (κ2) is 7.76. The molecule has 1 aromatic carbocycles. The second-order valence-corrected chi connectivity index (χ2v) is 7.42. The summed E-state index contributed by atoms with van der Waals surface area (Å²) in [5.74, 6) is 0.661. The molecule has 1 aromatic rings. The maximum absolute atomic E-state index is 12.2. The third kappa shape index (κ3) is 5.61. The predicted octanol–water partition coefficient (Wildman–Crippen LogP) is 2.81. The summed E-state index contributed by atoms with van der Waals surface area (Å²) in [6, 6.07) is 6.64. The van der Waals surface area contributed by atoms with Crippen molar-refractivity contribution in [3.63, 3.8) is 0 Å². The molecule has 0 amide bonds. The number of sulfonamides is 1. The standard InChI is InChI=1S/C15H26N2O2S/c1-12(2)7-4-5-10-17-20(18,19)15-9-6-8-14(11-15)13(3)16/h6,8-9,11-13,17H,4-5,7,10,16H2,1-3H3. The summed E-state index contributed by atoms with van der Waals surface area (Å²) in [6.07, 6.45) is 3.03. The van der Waals surface area contributed by atoms with E-state index in [4.69, 9.17) is 5.73 Å². The van der Waals surface area contributed by atoms with Crippen molar-refractivity contribution >= 4 is 10.0 Å². The molecule has 114 valence electrons. The summed E-state index contributed by atoms with van der Waals surface area (Å²) in [7, 11) is -3.42. The van der Waals surface area contributed by atoms with Crippen molar-refractivity contribution < 1.29 is 8.42 Å². The minimum Gasteiger partial charge on any atom is -0.324 e. The van der Waals surface area contributed by atoms with Crippen LogP contribution in [0.1, 0.15) is 51.6 Å². The molecule has 1 rings (SSSR count). The van der Waals surface area contributed by atoms with Gasteiger partial charge in [-0.05, 0) is 37.0 Å². The number of benzene rings is 1. The Morgan fingerprint density at radius 3 is 2.50 bits per heavy atom. The van der Waals surface area contributed by atoms with Crippen molar-refractivity contribution in [1.29, 1.82) is 0 Å². The van der Waals surface area contributed by atoms with Gasteiger partial charge in [0.15, 0.2) is 0 Å². The van der Waals surface area contributed by atoms with Crippen LogP contribution in [0.3, 0.4) is 0 Å². The first-order valence-corrected chi connectivity index (χ1v) is 8.66. The lowest BCUT2D eigenvalue weighted by atomic mass is 10.1. The normalized spacial score (nSPS) is 13.7. The molecular formula is C15H26N2O2S. The van der Waals surface area contributed by atoms with Gasteiger partial charge in [-0.15, -0.1) is 0 Å². The molecule has 0 spiro atoms. The lowest BCUT2D eigenvalue weighted by molar-refractivity contribution is 0.530. The summed E-state index contributed by atoms with van der Waals surface area (Å²) < 4.78 is 27.0. The van der Waals surface area contributed by atoms with Crippen LogP contribution in [-0.4, -0.2) is 15.0 Å². The number of nitrogens with one attached hydrogen (secondary N) is 1. The summed E-state index contributed by atoms with van der Waals surface area (Å²) in [6.45, 7) is 6.66. The quantitative estimate of drug-likeness (QED) is 0.725. The molecule has 0 aliphatic heterocycles. The van der Waals surface area contributed by atoms with Crippen molar-refractivity contribution in [1.82, 2.24) is 4.72 Å². The molecule has 0 saturated heterocycles. The van der Waals surface area contributed by atoms with Crippen LogP contribution in [0.4, 0.5) is 0 Å². The lowest BCUT2D eigenvalue weighted by Crippen LogP contribution is -2.25. The highest BCUT2D eigenvalue weighted by molar-refractivity contribution is 7.89. The zero-order chi connectivity index (χ0) is 15.2. The zero-order valence-corrected chi connectivity index (χ0v) is 13.4. The summed E-state index contributed by atoms with van der Waals surface area (Å²) >= 11 is 0. The van der Waals surface area contributed by atoms with E-state index >= 15 is 0 Å². The van der Waals surface area contributed by atoms with Gasteiger partial charge in [-0.25, -0.2) is 13.1 Å². The Balaban J connectivity index is 2.58. The van der Waals surface area contributed by atoms with Crippen molar-refractivity contribution in [2.75, 3.05) is 6.54 Å². The molecule has 3 N–H and O–H groups in total. The fourth-order valence-corrected chi connectivity index (χ4v) is 3.06. The number of rotatable bonds is 8. The van der Waals surface area contributed by atoms with Crippen molar-refractivity contribution in [3.8, 4) is 0 Å². The van der Waals surface area contributed by atoms with E-state index in [1.807, 2.05) is 13.0 Å². The van der Waals surface area contributed by atoms with Crippen molar-refractivity contribution in [2.24, 2.45) is 11.7 Å². The van der Waals surface area contributed by atoms with Gasteiger partial charge in [-0.3, -0.25) is 0 Å². The van der Waals surface area contributed by atoms with Crippen LogP contribution in [0.15, 0.2) is 29.2 Å². The third-order valence-corrected chi connectivity index (χ3v) is 4.65. The Hall–Kier alpha value is -0.910. The van der Waals surface area contributed by atoms with Crippen LogP contribution >= 0.6 is 0 Å². The Kier molecular flexibility index (Phi) is 6.65. The summed E-state index contributed by atoms with van der Waals surface area (Å²) in [4.78, 5) is 0.288. The Morgan fingerprint density at radius 1 is 1.20 bits per heavy atom. The van der Waals surface area contributed by atoms with Gasteiger partial charge in [0.25, 0.3) is 0 Å². The first kappa shape index (κ1) is 17.1. The maximum atomic E-state index is 12.2. The van der Waals surface area contributed by atoms with E-state index in [-0.39, 0.29) is 10.9 Å². The molecule has 0 aromatic heterocycles. The van der Waals surface area contributed by atoms with Crippen LogP contribution in [0, 0.1) is 5.92 Å². The van der Waals surface area contributed by atoms with Gasteiger partial charge in [0.05, 0.1) is 4.90 Å². The number of nitrogens with two attached hydrogens (primary N) is 1. The van der Waals surface area contributed by atoms with E-state index in [0.717, 1.165) is 24.8 Å². The van der Waals surface area contributed by atoms with Gasteiger partial charge in [0.2, 0.25) is 10.0 Å². The highest BCUT2D eigenvalue weighted by Crippen LogP contribution is 2.16. The number of hydrogen-bond acceptors (Lipinski definition) is 3. The average molecular weight is 298 g/mol. The molecule has 1 unspecified atom stereocenters. The average Bonchev–Trinajstić information content (AvgIpc) is 2.38. The van der Waals surface area contributed by atoms with Gasteiger partial charge in [-0.2, -0.15) is 0 Å². The topological polar surface area (TPSA) is 72.2 Å². The Bertz CT molecular complexity index is 510. The molecule has 20 heavy (non-hydrogen) atoms. The van der Waals surface area contributed by atoms with E-state index in [1.54, 1.807) is 18.2 Å². The van der Waals surface area contributed by atoms with E-state index in [2.05, 4.69) is 18.6 Å². The molecule has 1 atom stereocenters. The molecule has 5 heteroatoms. The predicted molar refractivity (Wildman–Crippen MR) is 82.9 cm³/mol. The molecule has 0 bridgehead atoms. The van der Waals surface area contributed by atoms with Crippen molar-refractivity contribution in [3.05, 3.63) is 29.8 Å². The summed E-state index contributed by atoms with van der Waals surface area (Å²) in [5, 5.41) is 0. The molecule has 0 aliphatic rings. The van der Waals surface area contributed by atoms with Crippen LogP contribution in [0.2, 0.25) is 0 Å².